The summed E-state index contributed by atoms with van der Waals surface area (Å²) in [5.41, 5.74) is 0.746. The Bertz CT molecular complexity index is 390. The van der Waals surface area contributed by atoms with Gasteiger partial charge in [-0.1, -0.05) is 15.9 Å². The smallest absolute Gasteiger partial charge is 0.341 e. The minimum Gasteiger partial charge on any atom is -0.507 e. The van der Waals surface area contributed by atoms with Gasteiger partial charge in [0.15, 0.2) is 0 Å². The number of benzene rings is 1. The molecular formula is C11H13BrO4. The molecule has 0 fully saturated rings. The number of ether oxygens (including phenoxy) is 1. The molecule has 0 aliphatic rings. The number of carbonyl (C=O) groups is 1. The van der Waals surface area contributed by atoms with Crippen molar-refractivity contribution < 1.29 is 19.7 Å². The molecule has 2 N–H and O–H groups in total. The molecule has 0 heterocycles. The van der Waals surface area contributed by atoms with E-state index in [1.807, 2.05) is 0 Å². The summed E-state index contributed by atoms with van der Waals surface area (Å²) in [6.45, 7) is 0.0360. The van der Waals surface area contributed by atoms with Crippen molar-refractivity contribution in [3.63, 3.8) is 0 Å². The molecule has 0 bridgehead atoms. The van der Waals surface area contributed by atoms with Gasteiger partial charge in [0.05, 0.1) is 7.11 Å². The Morgan fingerprint density at radius 1 is 1.50 bits per heavy atom. The van der Waals surface area contributed by atoms with Gasteiger partial charge in [-0.15, -0.1) is 0 Å². The predicted molar refractivity (Wildman–Crippen MR) is 62.6 cm³/mol. The summed E-state index contributed by atoms with van der Waals surface area (Å²) in [6.07, 6.45) is 1.02. The number of rotatable bonds is 4. The Morgan fingerprint density at radius 2 is 2.19 bits per heavy atom. The summed E-state index contributed by atoms with van der Waals surface area (Å²) < 4.78 is 5.27. The fourth-order valence-electron chi connectivity index (χ4n) is 1.38. The van der Waals surface area contributed by atoms with Gasteiger partial charge in [0, 0.05) is 16.6 Å². The Hall–Kier alpha value is -1.07. The summed E-state index contributed by atoms with van der Waals surface area (Å²) in [7, 11) is 1.26. The van der Waals surface area contributed by atoms with Gasteiger partial charge in [0.1, 0.15) is 11.3 Å². The molecule has 0 atom stereocenters. The van der Waals surface area contributed by atoms with Gasteiger partial charge in [-0.25, -0.2) is 4.79 Å². The van der Waals surface area contributed by atoms with E-state index in [1.165, 1.54) is 13.2 Å². The standard InChI is InChI=1S/C11H13BrO4/c1-16-11(15)8-4-5-9(12)7(10(8)14)3-2-6-13/h4-5,13-14H,2-3,6H2,1H3. The van der Waals surface area contributed by atoms with E-state index in [2.05, 4.69) is 20.7 Å². The quantitative estimate of drug-likeness (QED) is 0.830. The van der Waals surface area contributed by atoms with Crippen LogP contribution >= 0.6 is 15.9 Å². The van der Waals surface area contributed by atoms with E-state index < -0.39 is 5.97 Å². The molecule has 0 aromatic heterocycles. The van der Waals surface area contributed by atoms with Gasteiger partial charge in [-0.2, -0.15) is 0 Å². The van der Waals surface area contributed by atoms with Gasteiger partial charge in [0.2, 0.25) is 0 Å². The molecule has 88 valence electrons. The van der Waals surface area contributed by atoms with Crippen molar-refractivity contribution in [2.24, 2.45) is 0 Å². The first kappa shape index (κ1) is 13.0. The van der Waals surface area contributed by atoms with Crippen LogP contribution in [0.2, 0.25) is 0 Å². The average Bonchev–Trinajstić information content (AvgIpc) is 2.28. The molecule has 16 heavy (non-hydrogen) atoms. The number of aliphatic hydroxyl groups is 1. The van der Waals surface area contributed by atoms with Crippen molar-refractivity contribution in [2.75, 3.05) is 13.7 Å². The molecule has 0 aliphatic carbocycles. The lowest BCUT2D eigenvalue weighted by Gasteiger charge is -2.10. The van der Waals surface area contributed by atoms with E-state index in [1.54, 1.807) is 6.07 Å². The molecule has 0 saturated carbocycles. The molecule has 0 unspecified atom stereocenters. The predicted octanol–water partition coefficient (Wildman–Crippen LogP) is 1.87. The first-order valence-electron chi connectivity index (χ1n) is 4.81. The Kier molecular flexibility index (Phi) is 4.76. The van der Waals surface area contributed by atoms with Crippen LogP contribution in [0.15, 0.2) is 16.6 Å². The van der Waals surface area contributed by atoms with Crippen molar-refractivity contribution in [3.05, 3.63) is 27.7 Å². The second kappa shape index (κ2) is 5.86. The number of phenolic OH excluding ortho intramolecular Hbond substituents is 1. The maximum atomic E-state index is 11.3. The van der Waals surface area contributed by atoms with Gasteiger partial charge < -0.3 is 14.9 Å². The second-order valence-corrected chi connectivity index (χ2v) is 4.10. The lowest BCUT2D eigenvalue weighted by atomic mass is 10.0. The molecular weight excluding hydrogens is 276 g/mol. The molecule has 0 saturated heterocycles. The zero-order valence-electron chi connectivity index (χ0n) is 8.86. The first-order chi connectivity index (χ1) is 7.61. The third kappa shape index (κ3) is 2.74. The number of esters is 1. The summed E-state index contributed by atoms with van der Waals surface area (Å²) in [5, 5.41) is 18.6. The van der Waals surface area contributed by atoms with Gasteiger partial charge in [-0.3, -0.25) is 0 Å². The number of hydrogen-bond acceptors (Lipinski definition) is 4. The van der Waals surface area contributed by atoms with E-state index in [0.717, 1.165) is 0 Å². The Morgan fingerprint density at radius 3 is 2.75 bits per heavy atom. The lowest BCUT2D eigenvalue weighted by molar-refractivity contribution is 0.0597. The average molecular weight is 289 g/mol. The molecule has 1 rings (SSSR count). The molecule has 1 aromatic rings. The zero-order chi connectivity index (χ0) is 12.1. The maximum Gasteiger partial charge on any atom is 0.341 e. The van der Waals surface area contributed by atoms with Crippen LogP contribution in [0.5, 0.6) is 5.75 Å². The summed E-state index contributed by atoms with van der Waals surface area (Å²) >= 11 is 3.29. The normalized spacial score (nSPS) is 10.2. The van der Waals surface area contributed by atoms with Crippen molar-refractivity contribution >= 4 is 21.9 Å². The second-order valence-electron chi connectivity index (χ2n) is 3.24. The van der Waals surface area contributed by atoms with Gasteiger partial charge in [-0.05, 0) is 25.0 Å². The van der Waals surface area contributed by atoms with Crippen molar-refractivity contribution in [1.82, 2.24) is 0 Å². The van der Waals surface area contributed by atoms with E-state index in [4.69, 9.17) is 5.11 Å². The van der Waals surface area contributed by atoms with E-state index in [9.17, 15) is 9.90 Å². The van der Waals surface area contributed by atoms with Crippen LogP contribution in [0.1, 0.15) is 22.3 Å². The highest BCUT2D eigenvalue weighted by molar-refractivity contribution is 9.10. The lowest BCUT2D eigenvalue weighted by Crippen LogP contribution is -2.04. The molecule has 0 amide bonds. The number of aromatic hydroxyl groups is 1. The van der Waals surface area contributed by atoms with Crippen LogP contribution in [0.4, 0.5) is 0 Å². The van der Waals surface area contributed by atoms with E-state index in [-0.39, 0.29) is 17.9 Å². The fraction of sp³-hybridized carbons (Fsp3) is 0.364. The SMILES string of the molecule is COC(=O)c1ccc(Br)c(CCCO)c1O. The van der Waals surface area contributed by atoms with Crippen molar-refractivity contribution in [3.8, 4) is 5.75 Å². The van der Waals surface area contributed by atoms with Crippen LogP contribution in [0.25, 0.3) is 0 Å². The minimum atomic E-state index is -0.574. The third-order valence-electron chi connectivity index (χ3n) is 2.22. The highest BCUT2D eigenvalue weighted by atomic mass is 79.9. The van der Waals surface area contributed by atoms with Crippen LogP contribution < -0.4 is 0 Å². The monoisotopic (exact) mass is 288 g/mol. The molecule has 0 radical (unpaired) electrons. The van der Waals surface area contributed by atoms with Crippen molar-refractivity contribution in [2.45, 2.75) is 12.8 Å². The Labute approximate surface area is 102 Å². The van der Waals surface area contributed by atoms with Gasteiger partial charge >= 0.3 is 5.97 Å². The largest absolute Gasteiger partial charge is 0.507 e. The third-order valence-corrected chi connectivity index (χ3v) is 2.96. The van der Waals surface area contributed by atoms with Crippen LogP contribution in [0.3, 0.4) is 0 Å². The fourth-order valence-corrected chi connectivity index (χ4v) is 1.90. The van der Waals surface area contributed by atoms with Gasteiger partial charge in [0.25, 0.3) is 0 Å². The maximum absolute atomic E-state index is 11.3. The molecule has 0 spiro atoms. The number of methoxy groups -OCH3 is 1. The van der Waals surface area contributed by atoms with Crippen molar-refractivity contribution in [1.29, 1.82) is 0 Å². The van der Waals surface area contributed by atoms with E-state index >= 15 is 0 Å². The van der Waals surface area contributed by atoms with E-state index in [0.29, 0.717) is 22.9 Å². The zero-order valence-corrected chi connectivity index (χ0v) is 10.5. The van der Waals surface area contributed by atoms with Crippen LogP contribution in [-0.2, 0) is 11.2 Å². The minimum absolute atomic E-state index is 0.0360. The highest BCUT2D eigenvalue weighted by Crippen LogP contribution is 2.31. The molecule has 0 aliphatic heterocycles. The van der Waals surface area contributed by atoms with Crippen LogP contribution in [0, 0.1) is 0 Å². The molecule has 4 nitrogen and oxygen atoms in total. The van der Waals surface area contributed by atoms with Crippen LogP contribution in [-0.4, -0.2) is 29.9 Å². The number of aliphatic hydroxyl groups excluding tert-OH is 1. The number of phenols is 1. The number of halogens is 1. The molecule has 1 aromatic carbocycles. The molecule has 5 heteroatoms. The topological polar surface area (TPSA) is 66.8 Å². The summed E-state index contributed by atoms with van der Waals surface area (Å²) in [6, 6.07) is 3.17. The highest BCUT2D eigenvalue weighted by Gasteiger charge is 2.16. The first-order valence-corrected chi connectivity index (χ1v) is 5.60. The number of carbonyl (C=O) groups excluding carboxylic acids is 1. The summed E-state index contributed by atoms with van der Waals surface area (Å²) in [4.78, 5) is 11.3. The Balaban J connectivity index is 3.11. The number of hydrogen-bond donors (Lipinski definition) is 2. The summed E-state index contributed by atoms with van der Waals surface area (Å²) in [5.74, 6) is -0.662.